The Morgan fingerprint density at radius 3 is 1.56 bits per heavy atom. The smallest absolute Gasteiger partial charge is 0.192 e. The molecule has 2 rings (SSSR count). The van der Waals surface area contributed by atoms with Crippen molar-refractivity contribution in [2.45, 2.75) is 73.5 Å². The van der Waals surface area contributed by atoms with Gasteiger partial charge in [0.05, 0.1) is 12.6 Å². The van der Waals surface area contributed by atoms with E-state index in [1.165, 1.54) is 29.6 Å². The molecule has 4 heteroatoms. The Balaban J connectivity index is 0.000000465. The van der Waals surface area contributed by atoms with Gasteiger partial charge in [-0.05, 0) is 60.6 Å². The van der Waals surface area contributed by atoms with Crippen molar-refractivity contribution < 1.29 is 21.5 Å². The normalized spacial score (nSPS) is 22.8. The maximum absolute atomic E-state index is 6.01. The van der Waals surface area contributed by atoms with Crippen molar-refractivity contribution in [3.63, 3.8) is 0 Å². The van der Waals surface area contributed by atoms with Gasteiger partial charge in [0, 0.05) is 23.6 Å². The standard InChI is InChI=1S/C11H20NOSi.C10H15.Fe/c1-11(2,3)14(4,5)13-9-10-7-6-8-12-10;1-6-7(2)9(4)10(5)8(6)3;/h6-8H,9H2,1-5H3;1-5H3;. The van der Waals surface area contributed by atoms with Crippen LogP contribution in [0.4, 0.5) is 0 Å². The molecule has 0 amide bonds. The minimum Gasteiger partial charge on any atom is -0.415 e. The zero-order valence-electron chi connectivity index (χ0n) is 17.6. The monoisotopic (exact) mass is 401 g/mol. The first-order chi connectivity index (χ1) is 10.9. The summed E-state index contributed by atoms with van der Waals surface area (Å²) in [6.07, 6.45) is 3.96. The molecule has 142 valence electrons. The van der Waals surface area contributed by atoms with Crippen LogP contribution in [0.15, 0.2) is 0 Å². The number of nitrogens with zero attached hydrogens (tertiary/aromatic N) is 1. The van der Waals surface area contributed by atoms with Gasteiger partial charge >= 0.3 is 0 Å². The molecule has 0 bridgehead atoms. The van der Waals surface area contributed by atoms with Gasteiger partial charge < -0.3 is 4.43 Å². The predicted octanol–water partition coefficient (Wildman–Crippen LogP) is 5.70. The van der Waals surface area contributed by atoms with Crippen LogP contribution in [0, 0.1) is 55.0 Å². The minimum absolute atomic E-state index is 0. The van der Waals surface area contributed by atoms with Crippen LogP contribution in [-0.2, 0) is 21.5 Å². The molecule has 25 heavy (non-hydrogen) atoms. The quantitative estimate of drug-likeness (QED) is 0.557. The molecule has 0 atom stereocenters. The molecular formula is C21H35FeNOSi. The molecule has 10 radical (unpaired) electrons. The summed E-state index contributed by atoms with van der Waals surface area (Å²) in [6.45, 7) is 24.7. The second-order valence-corrected chi connectivity index (χ2v) is 13.1. The molecule has 1 aliphatic carbocycles. The first-order valence-electron chi connectivity index (χ1n) is 8.78. The van der Waals surface area contributed by atoms with Gasteiger partial charge in [0.15, 0.2) is 8.32 Å². The first-order valence-corrected chi connectivity index (χ1v) is 11.7. The van der Waals surface area contributed by atoms with Crippen LogP contribution in [0.2, 0.25) is 18.1 Å². The molecule has 2 aliphatic rings. The number of rotatable bonds is 3. The fourth-order valence-electron chi connectivity index (χ4n) is 2.30. The Labute approximate surface area is 170 Å². The SMILES string of the molecule is CC(C)(C)[Si](C)(C)OC[C]1[CH][CH][CH][N]1.C[C]1[C](C)[C](C)[C](C)[C]1C.[Fe]. The van der Waals surface area contributed by atoms with Gasteiger partial charge in [-0.2, -0.15) is 0 Å². The number of hydrogen-bond donors (Lipinski definition) is 0. The zero-order valence-corrected chi connectivity index (χ0v) is 19.8. The van der Waals surface area contributed by atoms with E-state index >= 15 is 0 Å². The Kier molecular flexibility index (Phi) is 10.5. The van der Waals surface area contributed by atoms with Crippen molar-refractivity contribution >= 4 is 8.32 Å². The minimum atomic E-state index is -1.60. The maximum atomic E-state index is 6.01. The summed E-state index contributed by atoms with van der Waals surface area (Å²) in [6, 6.07) is 1.04. The molecule has 2 nitrogen and oxygen atoms in total. The van der Waals surface area contributed by atoms with Crippen LogP contribution in [0.3, 0.4) is 0 Å². The van der Waals surface area contributed by atoms with Gasteiger partial charge in [-0.3, -0.25) is 0 Å². The average molecular weight is 401 g/mol. The largest absolute Gasteiger partial charge is 0.415 e. The van der Waals surface area contributed by atoms with Gasteiger partial charge in [0.1, 0.15) is 0 Å². The molecule has 0 unspecified atom stereocenters. The van der Waals surface area contributed by atoms with E-state index in [1.807, 2.05) is 19.4 Å². The summed E-state index contributed by atoms with van der Waals surface area (Å²) in [7, 11) is -1.60. The summed E-state index contributed by atoms with van der Waals surface area (Å²) >= 11 is 0. The van der Waals surface area contributed by atoms with Crippen LogP contribution in [0.1, 0.15) is 55.4 Å². The van der Waals surface area contributed by atoms with Crippen molar-refractivity contribution in [1.29, 1.82) is 0 Å². The summed E-state index contributed by atoms with van der Waals surface area (Å²) in [5, 5.41) is 4.48. The maximum Gasteiger partial charge on any atom is 0.192 e. The topological polar surface area (TPSA) is 23.3 Å². The van der Waals surface area contributed by atoms with Crippen LogP contribution >= 0.6 is 0 Å². The average Bonchev–Trinajstić information content (AvgIpc) is 3.06. The Hall–Kier alpha value is 0.656. The van der Waals surface area contributed by atoms with Gasteiger partial charge in [0.2, 0.25) is 0 Å². The molecule has 1 saturated carbocycles. The summed E-state index contributed by atoms with van der Waals surface area (Å²) in [5.74, 6) is 7.34. The summed E-state index contributed by atoms with van der Waals surface area (Å²) in [5.41, 5.74) is 0. The van der Waals surface area contributed by atoms with Crippen molar-refractivity contribution in [2.75, 3.05) is 6.61 Å². The van der Waals surface area contributed by atoms with Gasteiger partial charge in [-0.25, -0.2) is 5.32 Å². The van der Waals surface area contributed by atoms with Crippen molar-refractivity contribution in [3.05, 3.63) is 55.0 Å². The Morgan fingerprint density at radius 1 is 0.880 bits per heavy atom. The molecule has 1 aliphatic heterocycles. The molecule has 0 N–H and O–H groups in total. The van der Waals surface area contributed by atoms with Crippen LogP contribution in [0.5, 0.6) is 0 Å². The van der Waals surface area contributed by atoms with E-state index in [0.29, 0.717) is 6.61 Å². The van der Waals surface area contributed by atoms with E-state index in [9.17, 15) is 0 Å². The first kappa shape index (κ1) is 25.7. The van der Waals surface area contributed by atoms with E-state index in [-0.39, 0.29) is 22.1 Å². The third-order valence-corrected chi connectivity index (χ3v) is 10.3. The fraction of sp³-hybridized carbons (Fsp3) is 0.571. The molecule has 1 saturated heterocycles. The van der Waals surface area contributed by atoms with Gasteiger partial charge in [-0.15, -0.1) is 0 Å². The predicted molar refractivity (Wildman–Crippen MR) is 106 cm³/mol. The van der Waals surface area contributed by atoms with Crippen LogP contribution < -0.4 is 5.32 Å². The van der Waals surface area contributed by atoms with Crippen LogP contribution in [0.25, 0.3) is 0 Å². The fourth-order valence-corrected chi connectivity index (χ4v) is 3.24. The van der Waals surface area contributed by atoms with E-state index in [2.05, 4.69) is 73.8 Å². The van der Waals surface area contributed by atoms with Gasteiger partial charge in [-0.1, -0.05) is 55.4 Å². The number of hydrogen-bond acceptors (Lipinski definition) is 1. The summed E-state index contributed by atoms with van der Waals surface area (Å²) < 4.78 is 6.01. The molecular weight excluding hydrogens is 366 g/mol. The molecule has 1 heterocycles. The third kappa shape index (κ3) is 6.96. The second-order valence-electron chi connectivity index (χ2n) is 8.30. The van der Waals surface area contributed by atoms with Crippen molar-refractivity contribution in [2.24, 2.45) is 0 Å². The van der Waals surface area contributed by atoms with Crippen molar-refractivity contribution in [1.82, 2.24) is 5.32 Å². The molecule has 0 aromatic rings. The molecule has 0 aromatic heterocycles. The molecule has 2 fully saturated rings. The van der Waals surface area contributed by atoms with Gasteiger partial charge in [0.25, 0.3) is 0 Å². The van der Waals surface area contributed by atoms with E-state index in [4.69, 9.17) is 4.43 Å². The summed E-state index contributed by atoms with van der Waals surface area (Å²) in [4.78, 5) is 0. The molecule has 0 spiro atoms. The molecule has 0 aromatic carbocycles. The van der Waals surface area contributed by atoms with Crippen molar-refractivity contribution in [3.8, 4) is 0 Å². The van der Waals surface area contributed by atoms with Crippen LogP contribution in [-0.4, -0.2) is 14.9 Å². The third-order valence-electron chi connectivity index (χ3n) is 5.81. The van der Waals surface area contributed by atoms with E-state index in [0.717, 1.165) is 6.04 Å². The van der Waals surface area contributed by atoms with E-state index in [1.54, 1.807) is 0 Å². The second kappa shape index (κ2) is 10.3. The Bertz CT molecular complexity index is 332. The Morgan fingerprint density at radius 2 is 1.28 bits per heavy atom. The zero-order chi connectivity index (χ0) is 18.7. The van der Waals surface area contributed by atoms with E-state index < -0.39 is 8.32 Å².